The van der Waals surface area contributed by atoms with Crippen LogP contribution in [-0.4, -0.2) is 56.3 Å². The van der Waals surface area contributed by atoms with Gasteiger partial charge in [-0.25, -0.2) is 8.42 Å². The van der Waals surface area contributed by atoms with Gasteiger partial charge in [-0.3, -0.25) is 4.79 Å². The van der Waals surface area contributed by atoms with Crippen molar-refractivity contribution in [3.8, 4) is 5.75 Å². The molecule has 27 heavy (non-hydrogen) atoms. The number of hydrogen-bond acceptors (Lipinski definition) is 5. The van der Waals surface area contributed by atoms with E-state index >= 15 is 0 Å². The highest BCUT2D eigenvalue weighted by atomic mass is 79.9. The number of halogens is 1. The van der Waals surface area contributed by atoms with Gasteiger partial charge in [0.15, 0.2) is 0 Å². The molecule has 2 aromatic rings. The van der Waals surface area contributed by atoms with Gasteiger partial charge in [-0.15, -0.1) is 11.3 Å². The summed E-state index contributed by atoms with van der Waals surface area (Å²) in [4.78, 5) is 14.4. The van der Waals surface area contributed by atoms with E-state index in [0.717, 1.165) is 27.1 Å². The SMILES string of the molecule is O=C(Cc1ccc2c(c1)CCO2)N1CCN(S(=O)(=O)c2ccc(Br)s2)CC1. The van der Waals surface area contributed by atoms with Crippen LogP contribution in [0.25, 0.3) is 0 Å². The van der Waals surface area contributed by atoms with Crippen molar-refractivity contribution < 1.29 is 17.9 Å². The molecule has 0 N–H and O–H groups in total. The van der Waals surface area contributed by atoms with E-state index in [0.29, 0.717) is 43.4 Å². The third-order valence-corrected chi connectivity index (χ3v) is 8.83. The molecule has 0 atom stereocenters. The Morgan fingerprint density at radius 1 is 1.15 bits per heavy atom. The molecular formula is C18H19BrN2O4S2. The van der Waals surface area contributed by atoms with Crippen LogP contribution in [0.4, 0.5) is 0 Å². The van der Waals surface area contributed by atoms with Gasteiger partial charge in [-0.1, -0.05) is 12.1 Å². The maximum atomic E-state index is 12.7. The monoisotopic (exact) mass is 470 g/mol. The van der Waals surface area contributed by atoms with Crippen LogP contribution in [0.15, 0.2) is 38.3 Å². The van der Waals surface area contributed by atoms with Crippen molar-refractivity contribution in [2.24, 2.45) is 0 Å². The van der Waals surface area contributed by atoms with Crippen molar-refractivity contribution >= 4 is 43.2 Å². The van der Waals surface area contributed by atoms with E-state index in [-0.39, 0.29) is 5.91 Å². The highest BCUT2D eigenvalue weighted by Gasteiger charge is 2.31. The van der Waals surface area contributed by atoms with Crippen LogP contribution in [0.2, 0.25) is 0 Å². The third kappa shape index (κ3) is 3.91. The molecule has 4 rings (SSSR count). The zero-order chi connectivity index (χ0) is 19.0. The summed E-state index contributed by atoms with van der Waals surface area (Å²) in [5, 5.41) is 0. The molecule has 1 aromatic carbocycles. The van der Waals surface area contributed by atoms with Gasteiger partial charge < -0.3 is 9.64 Å². The van der Waals surface area contributed by atoms with E-state index in [4.69, 9.17) is 4.74 Å². The fourth-order valence-corrected chi connectivity index (χ4v) is 6.96. The number of benzene rings is 1. The van der Waals surface area contributed by atoms with Crippen LogP contribution in [-0.2, 0) is 27.7 Å². The lowest BCUT2D eigenvalue weighted by atomic mass is 10.1. The quantitative estimate of drug-likeness (QED) is 0.688. The molecule has 0 bridgehead atoms. The van der Waals surface area contributed by atoms with Gasteiger partial charge in [0.05, 0.1) is 16.8 Å². The summed E-state index contributed by atoms with van der Waals surface area (Å²) in [6.45, 7) is 2.17. The molecule has 2 aliphatic rings. The summed E-state index contributed by atoms with van der Waals surface area (Å²) in [5.41, 5.74) is 2.13. The van der Waals surface area contributed by atoms with Gasteiger partial charge in [0.2, 0.25) is 5.91 Å². The standard InChI is InChI=1S/C18H19BrN2O4S2/c19-16-3-4-18(26-16)27(23,24)21-8-6-20(7-9-21)17(22)12-13-1-2-15-14(11-13)5-10-25-15/h1-4,11H,5-10,12H2. The van der Waals surface area contributed by atoms with Gasteiger partial charge in [-0.05, 0) is 45.3 Å². The van der Waals surface area contributed by atoms with Gasteiger partial charge >= 0.3 is 0 Å². The average molecular weight is 471 g/mol. The molecule has 1 aromatic heterocycles. The Morgan fingerprint density at radius 3 is 2.63 bits per heavy atom. The normalized spacial score (nSPS) is 17.6. The Kier molecular flexibility index (Phi) is 5.28. The Labute approximate surface area is 170 Å². The van der Waals surface area contributed by atoms with Crippen LogP contribution in [0, 0.1) is 0 Å². The predicted molar refractivity (Wildman–Crippen MR) is 107 cm³/mol. The highest BCUT2D eigenvalue weighted by molar-refractivity contribution is 9.11. The van der Waals surface area contributed by atoms with E-state index in [2.05, 4.69) is 15.9 Å². The Morgan fingerprint density at radius 2 is 1.93 bits per heavy atom. The number of carbonyl (C=O) groups excluding carboxylic acids is 1. The maximum Gasteiger partial charge on any atom is 0.252 e. The number of amides is 1. The first-order valence-electron chi connectivity index (χ1n) is 8.71. The summed E-state index contributed by atoms with van der Waals surface area (Å²) in [6, 6.07) is 9.24. The molecule has 6 nitrogen and oxygen atoms in total. The highest BCUT2D eigenvalue weighted by Crippen LogP contribution is 2.29. The molecule has 2 aliphatic heterocycles. The number of fused-ring (bicyclic) bond motifs is 1. The van der Waals surface area contributed by atoms with Crippen molar-refractivity contribution in [1.82, 2.24) is 9.21 Å². The van der Waals surface area contributed by atoms with Gasteiger partial charge in [0.25, 0.3) is 10.0 Å². The van der Waals surface area contributed by atoms with Crippen LogP contribution in [0.1, 0.15) is 11.1 Å². The fourth-order valence-electron chi connectivity index (χ4n) is 3.38. The smallest absolute Gasteiger partial charge is 0.252 e. The Balaban J connectivity index is 1.37. The summed E-state index contributed by atoms with van der Waals surface area (Å²) < 4.78 is 33.4. The maximum absolute atomic E-state index is 12.7. The number of sulfonamides is 1. The molecule has 1 saturated heterocycles. The first-order valence-corrected chi connectivity index (χ1v) is 11.8. The molecule has 3 heterocycles. The predicted octanol–water partition coefficient (Wildman–Crippen LogP) is 2.52. The lowest BCUT2D eigenvalue weighted by Gasteiger charge is -2.33. The van der Waals surface area contributed by atoms with Crippen LogP contribution < -0.4 is 4.74 Å². The van der Waals surface area contributed by atoms with Crippen molar-refractivity contribution in [1.29, 1.82) is 0 Å². The minimum Gasteiger partial charge on any atom is -0.493 e. The molecule has 1 amide bonds. The van der Waals surface area contributed by atoms with Crippen LogP contribution in [0.3, 0.4) is 0 Å². The second kappa shape index (κ2) is 7.54. The van der Waals surface area contributed by atoms with E-state index in [9.17, 15) is 13.2 Å². The first kappa shape index (κ1) is 18.9. The minimum atomic E-state index is -3.49. The summed E-state index contributed by atoms with van der Waals surface area (Å²) in [6.07, 6.45) is 1.21. The Hall–Kier alpha value is -1.42. The molecule has 0 aliphatic carbocycles. The largest absolute Gasteiger partial charge is 0.493 e. The average Bonchev–Trinajstić information content (AvgIpc) is 3.30. The summed E-state index contributed by atoms with van der Waals surface area (Å²) >= 11 is 4.51. The van der Waals surface area contributed by atoms with E-state index in [1.165, 1.54) is 15.6 Å². The lowest BCUT2D eigenvalue weighted by molar-refractivity contribution is -0.131. The molecule has 0 unspecified atom stereocenters. The van der Waals surface area contributed by atoms with Crippen molar-refractivity contribution in [2.45, 2.75) is 17.1 Å². The van der Waals surface area contributed by atoms with E-state index < -0.39 is 10.0 Å². The second-order valence-corrected chi connectivity index (χ2v) is 11.2. The van der Waals surface area contributed by atoms with Crippen molar-refractivity contribution in [3.63, 3.8) is 0 Å². The zero-order valence-electron chi connectivity index (χ0n) is 14.6. The molecule has 1 fully saturated rings. The van der Waals surface area contributed by atoms with Crippen molar-refractivity contribution in [2.75, 3.05) is 32.8 Å². The number of ether oxygens (including phenoxy) is 1. The number of nitrogens with zero attached hydrogens (tertiary/aromatic N) is 2. The number of hydrogen-bond donors (Lipinski definition) is 0. The van der Waals surface area contributed by atoms with E-state index in [1.807, 2.05) is 18.2 Å². The number of rotatable bonds is 4. The first-order chi connectivity index (χ1) is 12.9. The zero-order valence-corrected chi connectivity index (χ0v) is 17.8. The number of piperazine rings is 1. The van der Waals surface area contributed by atoms with Gasteiger partial charge in [0.1, 0.15) is 9.96 Å². The van der Waals surface area contributed by atoms with E-state index in [1.54, 1.807) is 17.0 Å². The number of carbonyl (C=O) groups is 1. The molecule has 0 saturated carbocycles. The minimum absolute atomic E-state index is 0.0322. The molecule has 0 radical (unpaired) electrons. The third-order valence-electron chi connectivity index (χ3n) is 4.84. The number of thiophene rings is 1. The topological polar surface area (TPSA) is 66.9 Å². The second-order valence-electron chi connectivity index (χ2n) is 6.56. The molecular weight excluding hydrogens is 452 g/mol. The lowest BCUT2D eigenvalue weighted by Crippen LogP contribution is -2.50. The molecule has 144 valence electrons. The molecule has 0 spiro atoms. The van der Waals surface area contributed by atoms with Crippen LogP contribution >= 0.6 is 27.3 Å². The van der Waals surface area contributed by atoms with Gasteiger partial charge in [0, 0.05) is 32.6 Å². The molecule has 9 heteroatoms. The van der Waals surface area contributed by atoms with Crippen molar-refractivity contribution in [3.05, 3.63) is 45.2 Å². The van der Waals surface area contributed by atoms with Crippen LogP contribution in [0.5, 0.6) is 5.75 Å². The van der Waals surface area contributed by atoms with Gasteiger partial charge in [-0.2, -0.15) is 4.31 Å². The summed E-state index contributed by atoms with van der Waals surface area (Å²) in [5.74, 6) is 0.940. The Bertz CT molecular complexity index is 965. The summed E-state index contributed by atoms with van der Waals surface area (Å²) in [7, 11) is -3.49. The fraction of sp³-hybridized carbons (Fsp3) is 0.389.